The number of carbonyl (C=O) groups excluding carboxylic acids is 1. The second-order valence-corrected chi connectivity index (χ2v) is 6.89. The molecule has 0 saturated heterocycles. The fourth-order valence-electron chi connectivity index (χ4n) is 3.36. The first kappa shape index (κ1) is 19.3. The van der Waals surface area contributed by atoms with E-state index in [9.17, 15) is 23.5 Å². The summed E-state index contributed by atoms with van der Waals surface area (Å²) in [6, 6.07) is 1.12. The number of carboxylic acid groups (broad SMARTS) is 1. The summed E-state index contributed by atoms with van der Waals surface area (Å²) >= 11 is 5.72. The Balaban J connectivity index is 1.85. The Morgan fingerprint density at radius 1 is 1.30 bits per heavy atom. The molecule has 1 aliphatic heterocycles. The van der Waals surface area contributed by atoms with E-state index in [1.54, 1.807) is 0 Å². The molecular formula is C20H18ClF2NO3. The third-order valence-electron chi connectivity index (χ3n) is 4.73. The van der Waals surface area contributed by atoms with Gasteiger partial charge in [-0.3, -0.25) is 4.79 Å². The topological polar surface area (TPSA) is 57.6 Å². The summed E-state index contributed by atoms with van der Waals surface area (Å²) in [6.45, 7) is 0.0595. The molecule has 2 aliphatic rings. The normalized spacial score (nSPS) is 18.2. The third-order valence-corrected chi connectivity index (χ3v) is 5.02. The quantitative estimate of drug-likeness (QED) is 0.756. The van der Waals surface area contributed by atoms with Crippen molar-refractivity contribution in [3.8, 4) is 0 Å². The highest BCUT2D eigenvalue weighted by molar-refractivity contribution is 6.31. The molecule has 27 heavy (non-hydrogen) atoms. The third kappa shape index (κ3) is 4.11. The van der Waals surface area contributed by atoms with Gasteiger partial charge in [0.15, 0.2) is 5.82 Å². The van der Waals surface area contributed by atoms with Gasteiger partial charge in [0.05, 0.1) is 10.6 Å². The second kappa shape index (κ2) is 8.05. The summed E-state index contributed by atoms with van der Waals surface area (Å²) in [4.78, 5) is 25.5. The Labute approximate surface area is 160 Å². The van der Waals surface area contributed by atoms with Crippen LogP contribution in [-0.4, -0.2) is 34.5 Å². The summed E-state index contributed by atoms with van der Waals surface area (Å²) in [6.07, 6.45) is 8.97. The number of hydrogen-bond acceptors (Lipinski definition) is 2. The van der Waals surface area contributed by atoms with E-state index >= 15 is 0 Å². The molecule has 1 atom stereocenters. The van der Waals surface area contributed by atoms with E-state index in [0.29, 0.717) is 0 Å². The number of nitrogens with zero attached hydrogens (tertiary/aromatic N) is 1. The second-order valence-electron chi connectivity index (χ2n) is 6.49. The minimum atomic E-state index is -1.11. The highest BCUT2D eigenvalue weighted by Crippen LogP contribution is 2.32. The number of carbonyl (C=O) groups is 2. The fourth-order valence-corrected chi connectivity index (χ4v) is 3.51. The lowest BCUT2D eigenvalue weighted by Crippen LogP contribution is -2.46. The summed E-state index contributed by atoms with van der Waals surface area (Å²) < 4.78 is 28.3. The summed E-state index contributed by atoms with van der Waals surface area (Å²) in [5.74, 6) is -3.42. The predicted octanol–water partition coefficient (Wildman–Crippen LogP) is 4.35. The molecule has 1 unspecified atom stereocenters. The number of halogens is 3. The maximum absolute atomic E-state index is 14.2. The molecule has 0 bridgehead atoms. The van der Waals surface area contributed by atoms with Crippen molar-refractivity contribution in [3.05, 3.63) is 64.2 Å². The van der Waals surface area contributed by atoms with Gasteiger partial charge < -0.3 is 10.0 Å². The maximum atomic E-state index is 14.2. The Morgan fingerprint density at radius 3 is 2.70 bits per heavy atom. The van der Waals surface area contributed by atoms with E-state index in [1.165, 1.54) is 4.90 Å². The van der Waals surface area contributed by atoms with Gasteiger partial charge in [-0.1, -0.05) is 29.8 Å². The zero-order valence-electron chi connectivity index (χ0n) is 14.4. The van der Waals surface area contributed by atoms with Gasteiger partial charge in [-0.15, -0.1) is 0 Å². The highest BCUT2D eigenvalue weighted by atomic mass is 35.5. The molecule has 0 aromatic heterocycles. The van der Waals surface area contributed by atoms with Crippen molar-refractivity contribution in [1.29, 1.82) is 0 Å². The van der Waals surface area contributed by atoms with Gasteiger partial charge in [0.25, 0.3) is 0 Å². The van der Waals surface area contributed by atoms with Crippen LogP contribution in [0.4, 0.5) is 8.78 Å². The first-order valence-electron chi connectivity index (χ1n) is 8.62. The Hall–Kier alpha value is -2.47. The van der Waals surface area contributed by atoms with Gasteiger partial charge in [0, 0.05) is 19.0 Å². The van der Waals surface area contributed by atoms with Crippen LogP contribution in [0.3, 0.4) is 0 Å². The van der Waals surface area contributed by atoms with Crippen LogP contribution in [0.15, 0.2) is 42.0 Å². The van der Waals surface area contributed by atoms with E-state index in [2.05, 4.69) is 0 Å². The fraction of sp³-hybridized carbons (Fsp3) is 0.300. The molecule has 1 aliphatic carbocycles. The smallest absolute Gasteiger partial charge is 0.326 e. The van der Waals surface area contributed by atoms with Crippen LogP contribution < -0.4 is 0 Å². The predicted molar refractivity (Wildman–Crippen MR) is 98.2 cm³/mol. The van der Waals surface area contributed by atoms with Crippen molar-refractivity contribution in [2.75, 3.05) is 6.54 Å². The van der Waals surface area contributed by atoms with Crippen molar-refractivity contribution in [1.82, 2.24) is 4.90 Å². The van der Waals surface area contributed by atoms with Crippen molar-refractivity contribution in [2.45, 2.75) is 31.7 Å². The van der Waals surface area contributed by atoms with E-state index in [-0.39, 0.29) is 35.5 Å². The van der Waals surface area contributed by atoms with Gasteiger partial charge in [0.1, 0.15) is 11.9 Å². The molecule has 142 valence electrons. The van der Waals surface area contributed by atoms with Crippen LogP contribution in [0.1, 0.15) is 31.2 Å². The molecule has 1 aromatic carbocycles. The summed E-state index contributed by atoms with van der Waals surface area (Å²) in [7, 11) is 0. The number of benzene rings is 1. The van der Waals surface area contributed by atoms with Crippen LogP contribution in [0.2, 0.25) is 5.02 Å². The molecule has 1 N–H and O–H groups in total. The van der Waals surface area contributed by atoms with E-state index < -0.39 is 29.6 Å². The molecule has 7 heteroatoms. The minimum Gasteiger partial charge on any atom is -0.480 e. The van der Waals surface area contributed by atoms with Crippen LogP contribution in [0.25, 0.3) is 5.57 Å². The Kier molecular flexibility index (Phi) is 5.75. The van der Waals surface area contributed by atoms with Crippen LogP contribution in [-0.2, 0) is 9.59 Å². The molecule has 1 heterocycles. The zero-order valence-corrected chi connectivity index (χ0v) is 15.2. The molecule has 0 fully saturated rings. The number of hydrogen-bond donors (Lipinski definition) is 1. The van der Waals surface area contributed by atoms with Gasteiger partial charge in [-0.05, 0) is 42.5 Å². The van der Waals surface area contributed by atoms with Gasteiger partial charge in [-0.2, -0.15) is 0 Å². The Morgan fingerprint density at radius 2 is 2.07 bits per heavy atom. The molecule has 1 amide bonds. The highest BCUT2D eigenvalue weighted by Gasteiger charge is 2.33. The molecule has 0 spiro atoms. The number of aliphatic carboxylic acids is 1. The van der Waals surface area contributed by atoms with Crippen molar-refractivity contribution >= 4 is 29.1 Å². The van der Waals surface area contributed by atoms with Gasteiger partial charge in [-0.25, -0.2) is 13.6 Å². The average molecular weight is 394 g/mol. The zero-order chi connectivity index (χ0) is 19.6. The van der Waals surface area contributed by atoms with E-state index in [0.717, 1.165) is 36.6 Å². The molecule has 0 saturated carbocycles. The van der Waals surface area contributed by atoms with Crippen LogP contribution in [0.5, 0.6) is 0 Å². The lowest BCUT2D eigenvalue weighted by Gasteiger charge is -2.32. The van der Waals surface area contributed by atoms with Crippen LogP contribution in [0, 0.1) is 11.6 Å². The number of rotatable bonds is 5. The number of carboxylic acids is 1. The minimum absolute atomic E-state index is 0.0595. The van der Waals surface area contributed by atoms with Crippen molar-refractivity contribution in [2.24, 2.45) is 0 Å². The first-order valence-corrected chi connectivity index (χ1v) is 8.99. The van der Waals surface area contributed by atoms with Crippen molar-refractivity contribution in [3.63, 3.8) is 0 Å². The lowest BCUT2D eigenvalue weighted by molar-refractivity contribution is -0.148. The molecule has 1 aromatic rings. The largest absolute Gasteiger partial charge is 0.480 e. The molecule has 4 nitrogen and oxygen atoms in total. The summed E-state index contributed by atoms with van der Waals surface area (Å²) in [5, 5.41) is 9.34. The Bertz CT molecular complexity index is 876. The summed E-state index contributed by atoms with van der Waals surface area (Å²) in [5.41, 5.74) is 0.707. The maximum Gasteiger partial charge on any atom is 0.326 e. The average Bonchev–Trinajstić information content (AvgIpc) is 2.64. The standard InChI is InChI=1S/C20H18ClF2NO3/c21-14-6-7-15(22)18(19(14)23)13-8-9-24(17(25)11-13)16(20(26)27)10-12-4-2-1-3-5-12/h2,4-7,11,16H,1,3,8-10H2,(H,26,27). The molecular weight excluding hydrogens is 376 g/mol. The van der Waals surface area contributed by atoms with E-state index in [4.69, 9.17) is 11.6 Å². The number of allylic oxidation sites excluding steroid dienone is 3. The van der Waals surface area contributed by atoms with Crippen molar-refractivity contribution < 1.29 is 23.5 Å². The number of amides is 1. The SMILES string of the molecule is O=C(O)C(CC1=CCCC=C1)N1CCC(c2c(F)ccc(Cl)c2F)=CC1=O. The molecule has 3 rings (SSSR count). The van der Waals surface area contributed by atoms with Gasteiger partial charge >= 0.3 is 5.97 Å². The molecule has 0 radical (unpaired) electrons. The lowest BCUT2D eigenvalue weighted by atomic mass is 9.94. The monoisotopic (exact) mass is 393 g/mol. The first-order chi connectivity index (χ1) is 12.9. The van der Waals surface area contributed by atoms with Crippen LogP contribution >= 0.6 is 11.6 Å². The van der Waals surface area contributed by atoms with E-state index in [1.807, 2.05) is 18.2 Å². The van der Waals surface area contributed by atoms with Gasteiger partial charge in [0.2, 0.25) is 5.91 Å².